The molecule has 3 rings (SSSR count). The largest absolute Gasteiger partial charge is 1.00 e. The smallest absolute Gasteiger partial charge is 0.190 e. The average molecular weight is 341 g/mol. The molecule has 0 aliphatic rings. The van der Waals surface area contributed by atoms with Crippen LogP contribution in [0.15, 0.2) is 79.3 Å². The summed E-state index contributed by atoms with van der Waals surface area (Å²) in [7, 11) is 0. The summed E-state index contributed by atoms with van der Waals surface area (Å²) in [5.74, 6) is 0. The van der Waals surface area contributed by atoms with Gasteiger partial charge in [-0.25, -0.2) is 0 Å². The van der Waals surface area contributed by atoms with Gasteiger partial charge in [-0.1, -0.05) is 36.4 Å². The summed E-state index contributed by atoms with van der Waals surface area (Å²) < 4.78 is 2.18. The van der Waals surface area contributed by atoms with Crippen LogP contribution in [0.1, 0.15) is 16.8 Å². The molecule has 0 aliphatic heterocycles. The van der Waals surface area contributed by atoms with E-state index in [2.05, 4.69) is 70.5 Å². The van der Waals surface area contributed by atoms with Gasteiger partial charge in [0, 0.05) is 24.2 Å². The van der Waals surface area contributed by atoms with Crippen LogP contribution in [-0.4, -0.2) is 4.98 Å². The molecule has 1 aromatic carbocycles. The van der Waals surface area contributed by atoms with Crippen LogP contribution in [0.4, 0.5) is 0 Å². The molecule has 0 atom stereocenters. The second-order valence-corrected chi connectivity index (χ2v) is 4.87. The molecule has 106 valence electrons. The number of benzene rings is 1. The fourth-order valence-corrected chi connectivity index (χ4v) is 2.29. The number of halogens is 1. The van der Waals surface area contributed by atoms with Gasteiger partial charge >= 0.3 is 0 Å². The Balaban J connectivity index is 0.00000161. The van der Waals surface area contributed by atoms with Crippen molar-refractivity contribution >= 4 is 0 Å². The Bertz CT molecular complexity index is 612. The molecule has 0 N–H and O–H groups in total. The predicted octanol–water partition coefficient (Wildman–Crippen LogP) is 0.0122. The SMILES string of the molecule is [Br-].c1ccc(Cc2ccc[n+](Cc3ccccn3)c2)cc1. The van der Waals surface area contributed by atoms with Gasteiger partial charge in [0.2, 0.25) is 0 Å². The van der Waals surface area contributed by atoms with Crippen molar-refractivity contribution in [3.8, 4) is 0 Å². The van der Waals surface area contributed by atoms with E-state index in [1.807, 2.05) is 18.3 Å². The summed E-state index contributed by atoms with van der Waals surface area (Å²) in [6, 6.07) is 20.8. The second-order valence-electron chi connectivity index (χ2n) is 4.87. The monoisotopic (exact) mass is 340 g/mol. The van der Waals surface area contributed by atoms with E-state index in [1.54, 1.807) is 0 Å². The van der Waals surface area contributed by atoms with Crippen molar-refractivity contribution in [2.45, 2.75) is 13.0 Å². The Hall–Kier alpha value is -2.00. The van der Waals surface area contributed by atoms with Crippen LogP contribution in [0.3, 0.4) is 0 Å². The summed E-state index contributed by atoms with van der Waals surface area (Å²) >= 11 is 0. The molecule has 2 aromatic heterocycles. The Morgan fingerprint density at radius 3 is 2.33 bits per heavy atom. The highest BCUT2D eigenvalue weighted by molar-refractivity contribution is 5.22. The summed E-state index contributed by atoms with van der Waals surface area (Å²) in [6.07, 6.45) is 7.08. The Labute approximate surface area is 135 Å². The zero-order valence-corrected chi connectivity index (χ0v) is 13.3. The first-order valence-corrected chi connectivity index (χ1v) is 6.82. The quantitative estimate of drug-likeness (QED) is 0.611. The Kier molecular flexibility index (Phi) is 5.64. The number of nitrogens with zero attached hydrogens (tertiary/aromatic N) is 2. The van der Waals surface area contributed by atoms with Crippen molar-refractivity contribution < 1.29 is 21.5 Å². The molecule has 0 amide bonds. The molecule has 0 spiro atoms. The lowest BCUT2D eigenvalue weighted by Crippen LogP contribution is -3.00. The molecule has 3 aromatic rings. The number of hydrogen-bond acceptors (Lipinski definition) is 1. The van der Waals surface area contributed by atoms with Gasteiger partial charge in [0.25, 0.3) is 0 Å². The van der Waals surface area contributed by atoms with Crippen molar-refractivity contribution in [1.29, 1.82) is 0 Å². The molecule has 0 fully saturated rings. The van der Waals surface area contributed by atoms with Gasteiger partial charge in [-0.05, 0) is 23.8 Å². The lowest BCUT2D eigenvalue weighted by molar-refractivity contribution is -0.689. The van der Waals surface area contributed by atoms with Gasteiger partial charge < -0.3 is 17.0 Å². The first-order chi connectivity index (χ1) is 9.90. The number of aromatic nitrogens is 2. The molecular formula is C18H17BrN2. The summed E-state index contributed by atoms with van der Waals surface area (Å²) in [4.78, 5) is 4.37. The highest BCUT2D eigenvalue weighted by Gasteiger charge is 2.05. The Morgan fingerprint density at radius 2 is 1.57 bits per heavy atom. The first kappa shape index (κ1) is 15.4. The summed E-state index contributed by atoms with van der Waals surface area (Å²) in [5.41, 5.74) is 3.73. The van der Waals surface area contributed by atoms with E-state index in [9.17, 15) is 0 Å². The van der Waals surface area contributed by atoms with Crippen LogP contribution < -0.4 is 21.5 Å². The lowest BCUT2D eigenvalue weighted by atomic mass is 10.1. The van der Waals surface area contributed by atoms with E-state index in [4.69, 9.17) is 0 Å². The van der Waals surface area contributed by atoms with E-state index in [1.165, 1.54) is 11.1 Å². The van der Waals surface area contributed by atoms with Gasteiger partial charge in [0.05, 0.1) is 0 Å². The molecule has 2 nitrogen and oxygen atoms in total. The highest BCUT2D eigenvalue weighted by Crippen LogP contribution is 2.07. The maximum Gasteiger partial charge on any atom is 0.190 e. The molecule has 21 heavy (non-hydrogen) atoms. The van der Waals surface area contributed by atoms with Crippen molar-refractivity contribution in [1.82, 2.24) is 4.98 Å². The molecule has 0 saturated carbocycles. The minimum Gasteiger partial charge on any atom is -1.00 e. The number of pyridine rings is 2. The maximum atomic E-state index is 4.37. The van der Waals surface area contributed by atoms with Crippen LogP contribution in [-0.2, 0) is 13.0 Å². The number of rotatable bonds is 4. The van der Waals surface area contributed by atoms with Crippen LogP contribution in [0.5, 0.6) is 0 Å². The normalized spacial score (nSPS) is 9.90. The van der Waals surface area contributed by atoms with Crippen LogP contribution in [0, 0.1) is 0 Å². The van der Waals surface area contributed by atoms with Gasteiger partial charge in [0.15, 0.2) is 18.9 Å². The van der Waals surface area contributed by atoms with Gasteiger partial charge in [-0.2, -0.15) is 4.57 Å². The first-order valence-electron chi connectivity index (χ1n) is 6.82. The molecular weight excluding hydrogens is 324 g/mol. The van der Waals surface area contributed by atoms with Crippen molar-refractivity contribution in [2.24, 2.45) is 0 Å². The highest BCUT2D eigenvalue weighted by atomic mass is 79.9. The topological polar surface area (TPSA) is 16.8 Å². The zero-order chi connectivity index (χ0) is 13.6. The van der Waals surface area contributed by atoms with Crippen molar-refractivity contribution in [3.05, 3.63) is 96.1 Å². The zero-order valence-electron chi connectivity index (χ0n) is 11.7. The predicted molar refractivity (Wildman–Crippen MR) is 79.2 cm³/mol. The third-order valence-corrected chi connectivity index (χ3v) is 3.24. The molecule has 2 heterocycles. The molecule has 0 saturated heterocycles. The van der Waals surface area contributed by atoms with Gasteiger partial charge in [-0.15, -0.1) is 0 Å². The molecule has 0 bridgehead atoms. The minimum atomic E-state index is 0. The average Bonchev–Trinajstić information content (AvgIpc) is 2.50. The third kappa shape index (κ3) is 4.50. The van der Waals surface area contributed by atoms with E-state index in [-0.39, 0.29) is 17.0 Å². The standard InChI is InChI=1S/C18H17N2.BrH/c1-2-7-16(8-3-1)13-17-9-6-12-20(14-17)15-18-10-4-5-11-19-18;/h1-12,14H,13,15H2;1H/q+1;/p-1. The third-order valence-electron chi connectivity index (χ3n) is 3.24. The molecule has 3 heteroatoms. The molecule has 0 unspecified atom stereocenters. The minimum absolute atomic E-state index is 0. The van der Waals surface area contributed by atoms with Gasteiger partial charge in [0.1, 0.15) is 5.69 Å². The Morgan fingerprint density at radius 1 is 0.810 bits per heavy atom. The summed E-state index contributed by atoms with van der Waals surface area (Å²) in [5, 5.41) is 0. The van der Waals surface area contributed by atoms with E-state index in [0.29, 0.717) is 0 Å². The molecule has 0 radical (unpaired) electrons. The number of hydrogen-bond donors (Lipinski definition) is 0. The maximum absolute atomic E-state index is 4.37. The van der Waals surface area contributed by atoms with Gasteiger partial charge in [-0.3, -0.25) is 4.98 Å². The van der Waals surface area contributed by atoms with Crippen molar-refractivity contribution in [3.63, 3.8) is 0 Å². The fraction of sp³-hybridized carbons (Fsp3) is 0.111. The van der Waals surface area contributed by atoms with Crippen LogP contribution in [0.2, 0.25) is 0 Å². The second kappa shape index (κ2) is 7.70. The lowest BCUT2D eigenvalue weighted by Gasteiger charge is -2.02. The van der Waals surface area contributed by atoms with E-state index >= 15 is 0 Å². The van der Waals surface area contributed by atoms with Crippen LogP contribution in [0.25, 0.3) is 0 Å². The van der Waals surface area contributed by atoms with Crippen LogP contribution >= 0.6 is 0 Å². The fourth-order valence-electron chi connectivity index (χ4n) is 2.29. The molecule has 0 aliphatic carbocycles. The van der Waals surface area contributed by atoms with E-state index in [0.717, 1.165) is 18.7 Å². The summed E-state index contributed by atoms with van der Waals surface area (Å²) in [6.45, 7) is 0.809. The van der Waals surface area contributed by atoms with Crippen molar-refractivity contribution in [2.75, 3.05) is 0 Å². The van der Waals surface area contributed by atoms with E-state index < -0.39 is 0 Å².